The highest BCUT2D eigenvalue weighted by Gasteiger charge is 2.51. The zero-order valence-corrected chi connectivity index (χ0v) is 43.2. The number of nitrogens with one attached hydrogen (secondary N) is 1. The lowest BCUT2D eigenvalue weighted by atomic mass is 9.97. The molecule has 406 valence electrons. The molecule has 0 bridgehead atoms. The summed E-state index contributed by atoms with van der Waals surface area (Å²) in [5, 5.41) is 86.4. The van der Waals surface area contributed by atoms with Crippen LogP contribution in [0.2, 0.25) is 0 Å². The molecule has 9 N–H and O–H groups in total. The van der Waals surface area contributed by atoms with Crippen LogP contribution in [-0.2, 0) is 23.7 Å². The number of aliphatic hydroxyl groups is 8. The number of ether oxygens (including phenoxy) is 4. The minimum atomic E-state index is -1.78. The third-order valence-corrected chi connectivity index (χ3v) is 13.2. The van der Waals surface area contributed by atoms with Crippen LogP contribution in [0.3, 0.4) is 0 Å². The number of hydrogen-bond donors (Lipinski definition) is 9. The van der Waals surface area contributed by atoms with Crippen molar-refractivity contribution in [3.05, 3.63) is 60.8 Å². The number of rotatable bonds is 42. The molecule has 0 aromatic carbocycles. The average molecular weight is 994 g/mol. The summed E-state index contributed by atoms with van der Waals surface area (Å²) in [5.74, 6) is -0.216. The van der Waals surface area contributed by atoms with E-state index in [1.807, 2.05) is 0 Å². The summed E-state index contributed by atoms with van der Waals surface area (Å²) in [7, 11) is 0. The number of unbranched alkanes of at least 4 members (excludes halogenated alkanes) is 19. The van der Waals surface area contributed by atoms with E-state index in [4.69, 9.17) is 18.9 Å². The molecule has 2 rings (SSSR count). The Labute approximate surface area is 422 Å². The number of carbonyl (C=O) groups is 1. The summed E-state index contributed by atoms with van der Waals surface area (Å²) < 4.78 is 22.6. The van der Waals surface area contributed by atoms with E-state index in [2.05, 4.69) is 79.9 Å². The van der Waals surface area contributed by atoms with E-state index in [1.165, 1.54) is 77.0 Å². The molecule has 2 aliphatic heterocycles. The van der Waals surface area contributed by atoms with E-state index in [-0.39, 0.29) is 12.5 Å². The standard InChI is InChI=1S/C56H99NO13/c1-3-5-7-9-10-11-12-13-14-15-16-17-18-19-20-21-22-23-24-25-26-27-28-29-30-31-32-33-34-36-38-40-48(61)57-44(45(60)39-37-35-8-6-4-2)43-67-55-53(66)51(64)54(47(42-59)69-55)70-56-52(65)50(63)49(62)46(41-58)68-56/h5,7,10-11,13-14,16-17,19-20,44-47,49-56,58-60,62-66H,3-4,6,8-9,12,15,18,21-43H2,1-2H3,(H,57,61)/b7-5-,11-10-,14-13-,17-16-,20-19-. The Kier molecular flexibility index (Phi) is 38.4. The SMILES string of the molecule is CC/C=C\C/C=C\C/C=C\C/C=C\C/C=C\CCCCCCCCCCCCCCCCCC(=O)NC(COC1OC(CO)C(OC2OC(CO)C(O)C(O)C2O)C(O)C1O)C(O)CCCCCCC. The van der Waals surface area contributed by atoms with Crippen LogP contribution in [-0.4, -0.2) is 140 Å². The largest absolute Gasteiger partial charge is 0.394 e. The molecule has 0 radical (unpaired) electrons. The van der Waals surface area contributed by atoms with Gasteiger partial charge >= 0.3 is 0 Å². The van der Waals surface area contributed by atoms with Crippen LogP contribution in [0.4, 0.5) is 0 Å². The molecule has 14 nitrogen and oxygen atoms in total. The van der Waals surface area contributed by atoms with E-state index >= 15 is 0 Å². The maximum absolute atomic E-state index is 13.1. The Balaban J connectivity index is 1.58. The summed E-state index contributed by atoms with van der Waals surface area (Å²) in [6, 6.07) is -0.826. The van der Waals surface area contributed by atoms with Crippen molar-refractivity contribution in [2.45, 2.75) is 267 Å². The number of aliphatic hydroxyl groups excluding tert-OH is 8. The van der Waals surface area contributed by atoms with Crippen molar-refractivity contribution in [1.29, 1.82) is 0 Å². The fourth-order valence-electron chi connectivity index (χ4n) is 8.79. The molecule has 14 heteroatoms. The highest BCUT2D eigenvalue weighted by atomic mass is 16.7. The fourth-order valence-corrected chi connectivity index (χ4v) is 8.79. The molecule has 12 atom stereocenters. The molecule has 1 amide bonds. The number of allylic oxidation sites excluding steroid dienone is 10. The van der Waals surface area contributed by atoms with Gasteiger partial charge in [0.25, 0.3) is 0 Å². The zero-order chi connectivity index (χ0) is 51.0. The van der Waals surface area contributed by atoms with Gasteiger partial charge < -0.3 is 65.1 Å². The lowest BCUT2D eigenvalue weighted by Crippen LogP contribution is -2.65. The van der Waals surface area contributed by atoms with Crippen LogP contribution >= 0.6 is 0 Å². The van der Waals surface area contributed by atoms with Crippen molar-refractivity contribution >= 4 is 5.91 Å². The highest BCUT2D eigenvalue weighted by molar-refractivity contribution is 5.76. The van der Waals surface area contributed by atoms with E-state index in [1.54, 1.807) is 0 Å². The first kappa shape index (κ1) is 63.8. The molecule has 2 aliphatic rings. The maximum atomic E-state index is 13.1. The number of carbonyl (C=O) groups excluding carboxylic acids is 1. The van der Waals surface area contributed by atoms with Gasteiger partial charge in [0.1, 0.15) is 48.8 Å². The first-order chi connectivity index (χ1) is 34.1. The van der Waals surface area contributed by atoms with Gasteiger partial charge in [0.15, 0.2) is 12.6 Å². The highest BCUT2D eigenvalue weighted by Crippen LogP contribution is 2.30. The van der Waals surface area contributed by atoms with Gasteiger partial charge in [0, 0.05) is 6.42 Å². The van der Waals surface area contributed by atoms with Gasteiger partial charge in [-0.25, -0.2) is 0 Å². The van der Waals surface area contributed by atoms with Crippen molar-refractivity contribution in [1.82, 2.24) is 5.32 Å². The summed E-state index contributed by atoms with van der Waals surface area (Å²) in [6.07, 6.45) is 35.9. The topological polar surface area (TPSA) is 228 Å². The van der Waals surface area contributed by atoms with E-state index in [0.717, 1.165) is 89.9 Å². The van der Waals surface area contributed by atoms with Crippen LogP contribution in [0.15, 0.2) is 60.8 Å². The van der Waals surface area contributed by atoms with Crippen LogP contribution in [0.1, 0.15) is 194 Å². The van der Waals surface area contributed by atoms with Crippen molar-refractivity contribution in [3.63, 3.8) is 0 Å². The Morgan fingerprint density at radius 1 is 0.529 bits per heavy atom. The van der Waals surface area contributed by atoms with Crippen LogP contribution in [0.25, 0.3) is 0 Å². The third-order valence-electron chi connectivity index (χ3n) is 13.2. The molecule has 70 heavy (non-hydrogen) atoms. The molecule has 0 aromatic rings. The maximum Gasteiger partial charge on any atom is 0.220 e. The molecule has 0 saturated carbocycles. The van der Waals surface area contributed by atoms with E-state index in [0.29, 0.717) is 12.8 Å². The molecule has 0 aliphatic carbocycles. The average Bonchev–Trinajstić information content (AvgIpc) is 3.36. The lowest BCUT2D eigenvalue weighted by Gasteiger charge is -2.46. The van der Waals surface area contributed by atoms with Gasteiger partial charge in [-0.15, -0.1) is 0 Å². The second-order valence-corrected chi connectivity index (χ2v) is 19.3. The van der Waals surface area contributed by atoms with Gasteiger partial charge in [0.2, 0.25) is 5.91 Å². The van der Waals surface area contributed by atoms with Gasteiger partial charge in [-0.1, -0.05) is 190 Å². The molecule has 0 aromatic heterocycles. The molecule has 12 unspecified atom stereocenters. The zero-order valence-electron chi connectivity index (χ0n) is 43.2. The van der Waals surface area contributed by atoms with Crippen LogP contribution in [0.5, 0.6) is 0 Å². The number of amides is 1. The molecule has 2 saturated heterocycles. The molecular formula is C56H99NO13. The molecule has 2 heterocycles. The fraction of sp³-hybridized carbons (Fsp3) is 0.804. The summed E-state index contributed by atoms with van der Waals surface area (Å²) in [6.45, 7) is 2.63. The van der Waals surface area contributed by atoms with Gasteiger partial charge in [-0.3, -0.25) is 4.79 Å². The molecular weight excluding hydrogens is 895 g/mol. The normalized spacial score (nSPS) is 26.4. The minimum absolute atomic E-state index is 0.216. The van der Waals surface area contributed by atoms with Crippen LogP contribution < -0.4 is 5.32 Å². The van der Waals surface area contributed by atoms with E-state index < -0.39 is 86.8 Å². The smallest absolute Gasteiger partial charge is 0.220 e. The van der Waals surface area contributed by atoms with Crippen LogP contribution in [0, 0.1) is 0 Å². The Morgan fingerprint density at radius 2 is 0.986 bits per heavy atom. The van der Waals surface area contributed by atoms with Crippen molar-refractivity contribution in [3.8, 4) is 0 Å². The Morgan fingerprint density at radius 3 is 1.51 bits per heavy atom. The summed E-state index contributed by atoms with van der Waals surface area (Å²) >= 11 is 0. The monoisotopic (exact) mass is 994 g/mol. The molecule has 0 spiro atoms. The third kappa shape index (κ3) is 28.2. The van der Waals surface area contributed by atoms with Gasteiger partial charge in [-0.2, -0.15) is 0 Å². The van der Waals surface area contributed by atoms with Crippen molar-refractivity contribution in [2.24, 2.45) is 0 Å². The number of hydrogen-bond acceptors (Lipinski definition) is 13. The van der Waals surface area contributed by atoms with Gasteiger partial charge in [0.05, 0.1) is 32.0 Å². The van der Waals surface area contributed by atoms with Crippen molar-refractivity contribution in [2.75, 3.05) is 19.8 Å². The summed E-state index contributed by atoms with van der Waals surface area (Å²) in [5.41, 5.74) is 0. The van der Waals surface area contributed by atoms with E-state index in [9.17, 15) is 45.6 Å². The minimum Gasteiger partial charge on any atom is -0.394 e. The van der Waals surface area contributed by atoms with Crippen molar-refractivity contribution < 1.29 is 64.6 Å². The predicted octanol–water partition coefficient (Wildman–Crippen LogP) is 8.22. The Bertz CT molecular complexity index is 1410. The second kappa shape index (κ2) is 42.1. The predicted molar refractivity (Wildman–Crippen MR) is 277 cm³/mol. The molecule has 2 fully saturated rings. The quantitative estimate of drug-likeness (QED) is 0.0208. The first-order valence-electron chi connectivity index (χ1n) is 27.5. The first-order valence-corrected chi connectivity index (χ1v) is 27.5. The van der Waals surface area contributed by atoms with Gasteiger partial charge in [-0.05, 0) is 57.8 Å². The lowest BCUT2D eigenvalue weighted by molar-refractivity contribution is -0.359. The Hall–Kier alpha value is -2.31. The summed E-state index contributed by atoms with van der Waals surface area (Å²) in [4.78, 5) is 13.1. The second-order valence-electron chi connectivity index (χ2n) is 19.3.